The van der Waals surface area contributed by atoms with Gasteiger partial charge in [0.1, 0.15) is 5.75 Å². The fraction of sp³-hybridized carbons (Fsp3) is 0.667. The second-order valence-electron chi connectivity index (χ2n) is 6.59. The van der Waals surface area contributed by atoms with Crippen molar-refractivity contribution in [3.63, 3.8) is 0 Å². The van der Waals surface area contributed by atoms with E-state index in [1.807, 2.05) is 12.1 Å². The summed E-state index contributed by atoms with van der Waals surface area (Å²) < 4.78 is 0. The van der Waals surface area contributed by atoms with Crippen LogP contribution in [0.1, 0.15) is 12.5 Å². The van der Waals surface area contributed by atoms with Gasteiger partial charge in [-0.25, -0.2) is 0 Å². The summed E-state index contributed by atoms with van der Waals surface area (Å²) in [6.45, 7) is 10.0. The van der Waals surface area contributed by atoms with Crippen LogP contribution in [0, 0.1) is 0 Å². The summed E-state index contributed by atoms with van der Waals surface area (Å²) in [7, 11) is 9.59. The van der Waals surface area contributed by atoms with Gasteiger partial charge >= 0.3 is 33.3 Å². The zero-order chi connectivity index (χ0) is 19.7. The van der Waals surface area contributed by atoms with Crippen molar-refractivity contribution < 1.29 is 18.2 Å². The quantitative estimate of drug-likeness (QED) is 0.370. The van der Waals surface area contributed by atoms with Gasteiger partial charge in [-0.2, -0.15) is 0 Å². The molecule has 6 N–H and O–H groups in total. The second-order valence-corrected chi connectivity index (χ2v) is 8.54. The van der Waals surface area contributed by atoms with Crippen molar-refractivity contribution >= 4 is 20.2 Å². The molecule has 1 aromatic rings. The Balaban J connectivity index is 0.00000114. The third-order valence-corrected chi connectivity index (χ3v) is 4.25. The van der Waals surface area contributed by atoms with Crippen LogP contribution in [0.2, 0.25) is 0 Å². The zero-order valence-corrected chi connectivity index (χ0v) is 18.6. The summed E-state index contributed by atoms with van der Waals surface area (Å²) in [4.78, 5) is 0. The monoisotopic (exact) mass is 460 g/mol. The van der Waals surface area contributed by atoms with Crippen molar-refractivity contribution in [1.29, 1.82) is 0 Å². The van der Waals surface area contributed by atoms with E-state index in [1.165, 1.54) is 0 Å². The van der Waals surface area contributed by atoms with E-state index >= 15 is 0 Å². The normalized spacial score (nSPS) is 23.4. The Morgan fingerprint density at radius 3 is 2.26 bits per heavy atom. The molecule has 0 aliphatic carbocycles. The van der Waals surface area contributed by atoms with Crippen LogP contribution in [0.4, 0.5) is 0 Å². The molecule has 0 amide bonds. The molecule has 1 aromatic carbocycles. The molecule has 1 unspecified atom stereocenters. The van der Waals surface area contributed by atoms with E-state index in [2.05, 4.69) is 39.6 Å². The van der Waals surface area contributed by atoms with Gasteiger partial charge in [-0.1, -0.05) is 12.1 Å². The summed E-state index contributed by atoms with van der Waals surface area (Å²) in [5.74, 6) is 0.337. The molecule has 0 bridgehead atoms. The summed E-state index contributed by atoms with van der Waals surface area (Å²) in [5, 5.41) is 27.3. The van der Waals surface area contributed by atoms with Crippen LogP contribution in [0.3, 0.4) is 0 Å². The van der Waals surface area contributed by atoms with E-state index in [9.17, 15) is 5.11 Å². The molecule has 9 heteroatoms. The second kappa shape index (κ2) is 16.8. The molecule has 0 spiro atoms. The maximum absolute atomic E-state index is 9.66. The van der Waals surface area contributed by atoms with Gasteiger partial charge in [-0.15, -0.1) is 0 Å². The third kappa shape index (κ3) is 13.7. The van der Waals surface area contributed by atoms with Crippen molar-refractivity contribution in [2.45, 2.75) is 25.4 Å². The molecule has 2 atom stereocenters. The predicted octanol–water partition coefficient (Wildman–Crippen LogP) is 1.03. The van der Waals surface area contributed by atoms with Crippen LogP contribution in [0.25, 0.3) is 0 Å². The summed E-state index contributed by atoms with van der Waals surface area (Å²) in [6, 6.07) is 8.34. The van der Waals surface area contributed by atoms with Gasteiger partial charge in [-0.05, 0) is 31.0 Å². The molecule has 0 aromatic heterocycles. The fourth-order valence-corrected chi connectivity index (χ4v) is 2.89. The fourth-order valence-electron chi connectivity index (χ4n) is 2.89. The van der Waals surface area contributed by atoms with Crippen LogP contribution < -0.4 is 26.6 Å². The molecular formula is C18H33Cl2MnN5O. The molecule has 1 fully saturated rings. The average Bonchev–Trinajstić information content (AvgIpc) is 2.64. The van der Waals surface area contributed by atoms with Gasteiger partial charge in [-0.3, -0.25) is 0 Å². The van der Waals surface area contributed by atoms with Gasteiger partial charge in [0, 0.05) is 64.4 Å². The van der Waals surface area contributed by atoms with E-state index in [4.69, 9.17) is 20.2 Å². The first-order valence-electron chi connectivity index (χ1n) is 9.39. The number of nitrogens with one attached hydrogen (secondary N) is 5. The molecule has 27 heavy (non-hydrogen) atoms. The van der Waals surface area contributed by atoms with Gasteiger partial charge in [0.2, 0.25) is 0 Å². The first kappa shape index (κ1) is 25.0. The number of phenolic OH excluding ortho intramolecular Hbond substituents is 1. The van der Waals surface area contributed by atoms with Gasteiger partial charge < -0.3 is 31.7 Å². The molecule has 0 radical (unpaired) electrons. The molecule has 2 rings (SSSR count). The first-order chi connectivity index (χ1) is 13.2. The van der Waals surface area contributed by atoms with Crippen LogP contribution in [0.5, 0.6) is 5.75 Å². The number of aromatic hydroxyl groups is 1. The van der Waals surface area contributed by atoms with Gasteiger partial charge in [0.25, 0.3) is 0 Å². The SMILES string of the molecule is C[C@@H]1CNCCNCCNCCNC(Cc2cccc(O)c2)CN1.[Cl][Mn][Cl]. The van der Waals surface area contributed by atoms with Crippen molar-refractivity contribution in [2.75, 3.05) is 52.4 Å². The topological polar surface area (TPSA) is 80.4 Å². The van der Waals surface area contributed by atoms with Crippen molar-refractivity contribution in [3.05, 3.63) is 29.8 Å². The number of hydrogen-bond donors (Lipinski definition) is 6. The predicted molar refractivity (Wildman–Crippen MR) is 111 cm³/mol. The summed E-state index contributed by atoms with van der Waals surface area (Å²) >= 11 is 0.00694. The van der Waals surface area contributed by atoms with E-state index in [0.29, 0.717) is 17.8 Å². The zero-order valence-electron chi connectivity index (χ0n) is 15.9. The maximum atomic E-state index is 9.66. The summed E-state index contributed by atoms with van der Waals surface area (Å²) in [5.41, 5.74) is 1.16. The molecule has 1 heterocycles. The molecule has 0 saturated carbocycles. The van der Waals surface area contributed by atoms with E-state index in [0.717, 1.165) is 64.3 Å². The summed E-state index contributed by atoms with van der Waals surface area (Å²) in [6.07, 6.45) is 0.906. The van der Waals surface area contributed by atoms with Crippen LogP contribution in [-0.4, -0.2) is 69.5 Å². The minimum atomic E-state index is 0.00694. The molecular weight excluding hydrogens is 428 g/mol. The Kier molecular flexibility index (Phi) is 15.6. The number of phenols is 1. The Hall–Kier alpha value is -0.0805. The first-order valence-corrected chi connectivity index (χ1v) is 12.6. The Morgan fingerprint density at radius 1 is 0.963 bits per heavy atom. The number of hydrogen-bond acceptors (Lipinski definition) is 6. The molecule has 157 valence electrons. The number of halogens is 2. The minimum absolute atomic E-state index is 0.00694. The van der Waals surface area contributed by atoms with Crippen molar-refractivity contribution in [1.82, 2.24) is 26.6 Å². The van der Waals surface area contributed by atoms with Crippen LogP contribution >= 0.6 is 20.2 Å². The van der Waals surface area contributed by atoms with Crippen LogP contribution in [-0.2, 0) is 19.6 Å². The molecule has 1 aliphatic heterocycles. The Bertz CT molecular complexity index is 487. The van der Waals surface area contributed by atoms with Crippen molar-refractivity contribution in [2.24, 2.45) is 0 Å². The molecule has 1 aliphatic rings. The standard InChI is InChI=1S/C18H33N5O.2ClH.Mn/c1-15-13-21-8-7-19-5-6-20-9-10-22-17(14-23-15)11-16-3-2-4-18(24)12-16;;;/h2-4,12,15,17,19-24H,5-11,13-14H2,1H3;2*1H;/q;;;+2/p-2/t15-,17?;;;/m1.../s1. The van der Waals surface area contributed by atoms with Gasteiger partial charge in [0.05, 0.1) is 0 Å². The van der Waals surface area contributed by atoms with Gasteiger partial charge in [0.15, 0.2) is 0 Å². The Morgan fingerprint density at radius 2 is 1.59 bits per heavy atom. The van der Waals surface area contributed by atoms with E-state index < -0.39 is 0 Å². The Labute approximate surface area is 178 Å². The number of benzene rings is 1. The van der Waals surface area contributed by atoms with Crippen molar-refractivity contribution in [3.8, 4) is 5.75 Å². The number of rotatable bonds is 2. The van der Waals surface area contributed by atoms with Crippen LogP contribution in [0.15, 0.2) is 24.3 Å². The third-order valence-electron chi connectivity index (χ3n) is 4.25. The average molecular weight is 461 g/mol. The van der Waals surface area contributed by atoms with E-state index in [1.54, 1.807) is 6.07 Å². The molecule has 6 nitrogen and oxygen atoms in total. The molecule has 1 saturated heterocycles. The van der Waals surface area contributed by atoms with E-state index in [-0.39, 0.29) is 13.1 Å².